The van der Waals surface area contributed by atoms with Gasteiger partial charge >= 0.3 is 0 Å². The second-order valence-electron chi connectivity index (χ2n) is 5.86. The van der Waals surface area contributed by atoms with Gasteiger partial charge in [0.2, 0.25) is 5.91 Å². The monoisotopic (exact) mass is 274 g/mol. The minimum absolute atomic E-state index is 0.0375. The van der Waals surface area contributed by atoms with E-state index in [1.807, 2.05) is 30.0 Å². The second-order valence-corrected chi connectivity index (χ2v) is 5.86. The molecule has 2 atom stereocenters. The number of nitrogens with one attached hydrogen (secondary N) is 1. The summed E-state index contributed by atoms with van der Waals surface area (Å²) in [7, 11) is 0. The van der Waals surface area contributed by atoms with Crippen LogP contribution in [0.25, 0.3) is 0 Å². The Morgan fingerprint density at radius 1 is 1.35 bits per heavy atom. The molecule has 1 aromatic rings. The Bertz CT molecular complexity index is 485. The fourth-order valence-electron chi connectivity index (χ4n) is 2.60. The lowest BCUT2D eigenvalue weighted by Crippen LogP contribution is -2.42. The van der Waals surface area contributed by atoms with Crippen LogP contribution >= 0.6 is 0 Å². The highest BCUT2D eigenvalue weighted by Crippen LogP contribution is 2.20. The first-order chi connectivity index (χ1) is 9.49. The molecule has 1 aromatic carbocycles. The largest absolute Gasteiger partial charge is 0.340 e. The first kappa shape index (κ1) is 14.6. The maximum absolute atomic E-state index is 12.3. The predicted molar refractivity (Wildman–Crippen MR) is 78.3 cm³/mol. The van der Waals surface area contributed by atoms with Crippen molar-refractivity contribution in [3.05, 3.63) is 35.9 Å². The molecule has 4 heteroatoms. The average molecular weight is 274 g/mol. The van der Waals surface area contributed by atoms with E-state index in [0.717, 1.165) is 6.54 Å². The molecule has 0 aromatic heterocycles. The van der Waals surface area contributed by atoms with Crippen molar-refractivity contribution in [1.82, 2.24) is 10.2 Å². The van der Waals surface area contributed by atoms with E-state index >= 15 is 0 Å². The van der Waals surface area contributed by atoms with Gasteiger partial charge in [-0.05, 0) is 31.4 Å². The van der Waals surface area contributed by atoms with Crippen molar-refractivity contribution in [2.75, 3.05) is 6.54 Å². The van der Waals surface area contributed by atoms with E-state index in [1.54, 1.807) is 12.1 Å². The molecule has 1 saturated heterocycles. The zero-order valence-corrected chi connectivity index (χ0v) is 12.3. The Morgan fingerprint density at radius 3 is 2.60 bits per heavy atom. The number of hydrogen-bond donors (Lipinski definition) is 1. The molecule has 1 N–H and O–H groups in total. The lowest BCUT2D eigenvalue weighted by atomic mass is 10.1. The van der Waals surface area contributed by atoms with Gasteiger partial charge in [-0.3, -0.25) is 9.59 Å². The number of carbonyl (C=O) groups is 2. The molecular weight excluding hydrogens is 252 g/mol. The third-order valence-electron chi connectivity index (χ3n) is 3.59. The Labute approximate surface area is 120 Å². The molecule has 1 heterocycles. The Kier molecular flexibility index (Phi) is 4.42. The summed E-state index contributed by atoms with van der Waals surface area (Å²) in [6.45, 7) is 6.97. The predicted octanol–water partition coefficient (Wildman–Crippen LogP) is 2.06. The lowest BCUT2D eigenvalue weighted by molar-refractivity contribution is -0.130. The number of benzene rings is 1. The minimum Gasteiger partial charge on any atom is -0.340 e. The van der Waals surface area contributed by atoms with Crippen LogP contribution in [0.2, 0.25) is 0 Å². The van der Waals surface area contributed by atoms with Crippen molar-refractivity contribution in [2.45, 2.75) is 39.3 Å². The van der Waals surface area contributed by atoms with Crippen molar-refractivity contribution >= 4 is 11.8 Å². The molecule has 0 saturated carbocycles. The standard InChI is InChI=1S/C16H22N2O2/c1-11(2)10-18-12(3)9-14(16(18)20)17-15(19)13-7-5-4-6-8-13/h4-8,11-12,14H,9-10H2,1-3H3,(H,17,19)/t12?,14-/m0/s1. The van der Waals surface area contributed by atoms with Crippen LogP contribution in [0, 0.1) is 5.92 Å². The number of likely N-dealkylation sites (tertiary alicyclic amines) is 1. The van der Waals surface area contributed by atoms with Crippen LogP contribution in [0.5, 0.6) is 0 Å². The number of nitrogens with zero attached hydrogens (tertiary/aromatic N) is 1. The second kappa shape index (κ2) is 6.07. The number of hydrogen-bond acceptors (Lipinski definition) is 2. The van der Waals surface area contributed by atoms with Crippen LogP contribution in [0.1, 0.15) is 37.6 Å². The maximum atomic E-state index is 12.3. The van der Waals surface area contributed by atoms with Gasteiger partial charge in [0.15, 0.2) is 0 Å². The topological polar surface area (TPSA) is 49.4 Å². The first-order valence-electron chi connectivity index (χ1n) is 7.15. The third kappa shape index (κ3) is 3.18. The summed E-state index contributed by atoms with van der Waals surface area (Å²) in [5, 5.41) is 2.85. The molecule has 0 aliphatic carbocycles. The molecule has 1 unspecified atom stereocenters. The van der Waals surface area contributed by atoms with E-state index in [1.165, 1.54) is 0 Å². The summed E-state index contributed by atoms with van der Waals surface area (Å²) >= 11 is 0. The molecule has 0 bridgehead atoms. The third-order valence-corrected chi connectivity index (χ3v) is 3.59. The summed E-state index contributed by atoms with van der Waals surface area (Å²) in [6, 6.07) is 8.80. The summed E-state index contributed by atoms with van der Waals surface area (Å²) in [4.78, 5) is 26.3. The van der Waals surface area contributed by atoms with Gasteiger partial charge in [0, 0.05) is 18.2 Å². The van der Waals surface area contributed by atoms with Crippen molar-refractivity contribution in [3.8, 4) is 0 Å². The van der Waals surface area contributed by atoms with Gasteiger partial charge in [0.1, 0.15) is 6.04 Å². The van der Waals surface area contributed by atoms with Crippen LogP contribution < -0.4 is 5.32 Å². The molecule has 2 amide bonds. The maximum Gasteiger partial charge on any atom is 0.251 e. The molecule has 0 radical (unpaired) electrons. The Hall–Kier alpha value is -1.84. The summed E-state index contributed by atoms with van der Waals surface area (Å²) in [6.07, 6.45) is 0.685. The molecule has 2 rings (SSSR count). The van der Waals surface area contributed by atoms with E-state index in [9.17, 15) is 9.59 Å². The fraction of sp³-hybridized carbons (Fsp3) is 0.500. The molecule has 4 nitrogen and oxygen atoms in total. The Morgan fingerprint density at radius 2 is 2.00 bits per heavy atom. The lowest BCUT2D eigenvalue weighted by Gasteiger charge is -2.23. The molecule has 1 fully saturated rings. The SMILES string of the molecule is CC(C)CN1C(=O)[C@@H](NC(=O)c2ccccc2)CC1C. The average Bonchev–Trinajstić information content (AvgIpc) is 2.67. The molecule has 1 aliphatic heterocycles. The molecular formula is C16H22N2O2. The van der Waals surface area contributed by atoms with Gasteiger partial charge < -0.3 is 10.2 Å². The van der Waals surface area contributed by atoms with E-state index in [4.69, 9.17) is 0 Å². The highest BCUT2D eigenvalue weighted by atomic mass is 16.2. The summed E-state index contributed by atoms with van der Waals surface area (Å²) < 4.78 is 0. The summed E-state index contributed by atoms with van der Waals surface area (Å²) in [5.41, 5.74) is 0.593. The van der Waals surface area contributed by atoms with E-state index in [2.05, 4.69) is 19.2 Å². The minimum atomic E-state index is -0.392. The smallest absolute Gasteiger partial charge is 0.251 e. The van der Waals surface area contributed by atoms with Gasteiger partial charge in [-0.15, -0.1) is 0 Å². The van der Waals surface area contributed by atoms with Gasteiger partial charge in [-0.25, -0.2) is 0 Å². The normalized spacial score (nSPS) is 22.4. The van der Waals surface area contributed by atoms with Gasteiger partial charge in [0.25, 0.3) is 5.91 Å². The highest BCUT2D eigenvalue weighted by molar-refractivity contribution is 5.98. The van der Waals surface area contributed by atoms with Crippen LogP contribution in [0.3, 0.4) is 0 Å². The molecule has 1 aliphatic rings. The van der Waals surface area contributed by atoms with Gasteiger partial charge in [0.05, 0.1) is 0 Å². The van der Waals surface area contributed by atoms with Crippen molar-refractivity contribution in [2.24, 2.45) is 5.92 Å². The quantitative estimate of drug-likeness (QED) is 0.913. The van der Waals surface area contributed by atoms with Gasteiger partial charge in [-0.2, -0.15) is 0 Å². The Balaban J connectivity index is 2.01. The van der Waals surface area contributed by atoms with Crippen molar-refractivity contribution in [3.63, 3.8) is 0 Å². The summed E-state index contributed by atoms with van der Waals surface area (Å²) in [5.74, 6) is 0.294. The van der Waals surface area contributed by atoms with E-state index in [-0.39, 0.29) is 17.9 Å². The molecule has 0 spiro atoms. The molecule has 20 heavy (non-hydrogen) atoms. The zero-order chi connectivity index (χ0) is 14.7. The number of amides is 2. The molecule has 108 valence electrons. The van der Waals surface area contributed by atoms with Gasteiger partial charge in [-0.1, -0.05) is 32.0 Å². The van der Waals surface area contributed by atoms with E-state index < -0.39 is 6.04 Å². The van der Waals surface area contributed by atoms with Crippen LogP contribution in [0.15, 0.2) is 30.3 Å². The number of rotatable bonds is 4. The van der Waals surface area contributed by atoms with Crippen molar-refractivity contribution < 1.29 is 9.59 Å². The fourth-order valence-corrected chi connectivity index (χ4v) is 2.60. The first-order valence-corrected chi connectivity index (χ1v) is 7.15. The number of carbonyl (C=O) groups excluding carboxylic acids is 2. The van der Waals surface area contributed by atoms with Crippen LogP contribution in [0.4, 0.5) is 0 Å². The van der Waals surface area contributed by atoms with Crippen LogP contribution in [-0.2, 0) is 4.79 Å². The zero-order valence-electron chi connectivity index (χ0n) is 12.3. The van der Waals surface area contributed by atoms with Crippen molar-refractivity contribution in [1.29, 1.82) is 0 Å². The van der Waals surface area contributed by atoms with E-state index in [0.29, 0.717) is 17.9 Å². The highest BCUT2D eigenvalue weighted by Gasteiger charge is 2.37. The van der Waals surface area contributed by atoms with Crippen LogP contribution in [-0.4, -0.2) is 35.3 Å².